The zero-order valence-electron chi connectivity index (χ0n) is 10.7. The highest BCUT2D eigenvalue weighted by Gasteiger charge is 2.16. The van der Waals surface area contributed by atoms with Crippen molar-refractivity contribution in [2.24, 2.45) is 0 Å². The molecule has 106 valence electrons. The largest absolute Gasteiger partial charge is 0.487 e. The van der Waals surface area contributed by atoms with E-state index in [0.29, 0.717) is 11.3 Å². The van der Waals surface area contributed by atoms with Crippen LogP contribution >= 0.6 is 22.9 Å². The van der Waals surface area contributed by atoms with Gasteiger partial charge in [-0.15, -0.1) is 11.3 Å². The summed E-state index contributed by atoms with van der Waals surface area (Å²) in [4.78, 5) is 12.2. The van der Waals surface area contributed by atoms with Crippen molar-refractivity contribution in [1.82, 2.24) is 0 Å². The summed E-state index contributed by atoms with van der Waals surface area (Å²) in [6, 6.07) is 6.06. The molecule has 2 rings (SSSR count). The summed E-state index contributed by atoms with van der Waals surface area (Å²) in [5.41, 5.74) is 0.590. The molecular formula is C14H12ClFO3S. The van der Waals surface area contributed by atoms with Gasteiger partial charge in [0.2, 0.25) is 0 Å². The number of carboxylic acid groups (broad SMARTS) is 1. The van der Waals surface area contributed by atoms with Gasteiger partial charge in [-0.25, -0.2) is 9.18 Å². The molecule has 1 heterocycles. The predicted molar refractivity (Wildman–Crippen MR) is 76.4 cm³/mol. The van der Waals surface area contributed by atoms with Gasteiger partial charge in [0.25, 0.3) is 0 Å². The average Bonchev–Trinajstić information content (AvgIpc) is 2.84. The monoisotopic (exact) mass is 314 g/mol. The molecule has 0 saturated carbocycles. The molecule has 1 aromatic heterocycles. The first-order valence-electron chi connectivity index (χ1n) is 5.94. The number of rotatable bonds is 5. The lowest BCUT2D eigenvalue weighted by atomic mass is 10.2. The molecule has 20 heavy (non-hydrogen) atoms. The first-order valence-corrected chi connectivity index (χ1v) is 7.13. The third kappa shape index (κ3) is 3.29. The van der Waals surface area contributed by atoms with Gasteiger partial charge in [0.15, 0.2) is 4.88 Å². The van der Waals surface area contributed by atoms with Crippen molar-refractivity contribution in [2.45, 2.75) is 20.0 Å². The van der Waals surface area contributed by atoms with Gasteiger partial charge in [0.1, 0.15) is 18.2 Å². The molecular weight excluding hydrogens is 303 g/mol. The van der Waals surface area contributed by atoms with Crippen molar-refractivity contribution >= 4 is 28.9 Å². The Bertz CT molecular complexity index is 639. The second-order valence-corrected chi connectivity index (χ2v) is 5.65. The normalized spacial score (nSPS) is 10.6. The summed E-state index contributed by atoms with van der Waals surface area (Å²) in [6.45, 7) is 2.03. The minimum atomic E-state index is -1.02. The van der Waals surface area contributed by atoms with Crippen molar-refractivity contribution in [1.29, 1.82) is 0 Å². The molecule has 6 heteroatoms. The number of thiophene rings is 1. The minimum Gasteiger partial charge on any atom is -0.487 e. The summed E-state index contributed by atoms with van der Waals surface area (Å²) in [6.07, 6.45) is 0.740. The molecule has 1 aromatic carbocycles. The number of carbonyl (C=O) groups is 1. The number of hydrogen-bond acceptors (Lipinski definition) is 3. The van der Waals surface area contributed by atoms with Gasteiger partial charge in [0, 0.05) is 4.88 Å². The Morgan fingerprint density at radius 2 is 2.20 bits per heavy atom. The van der Waals surface area contributed by atoms with E-state index in [9.17, 15) is 9.18 Å². The van der Waals surface area contributed by atoms with Crippen LogP contribution in [0.4, 0.5) is 4.39 Å². The van der Waals surface area contributed by atoms with Crippen molar-refractivity contribution in [3.8, 4) is 5.75 Å². The number of hydrogen-bond donors (Lipinski definition) is 1. The summed E-state index contributed by atoms with van der Waals surface area (Å²) in [7, 11) is 0. The predicted octanol–water partition coefficient (Wildman–Crippen LogP) is 4.38. The Hall–Kier alpha value is -1.59. The molecule has 0 unspecified atom stereocenters. The van der Waals surface area contributed by atoms with E-state index in [-0.39, 0.29) is 16.5 Å². The quantitative estimate of drug-likeness (QED) is 0.890. The van der Waals surface area contributed by atoms with Crippen LogP contribution in [-0.4, -0.2) is 11.1 Å². The van der Waals surface area contributed by atoms with Crippen LogP contribution in [0.2, 0.25) is 5.02 Å². The van der Waals surface area contributed by atoms with Gasteiger partial charge in [-0.3, -0.25) is 0 Å². The summed E-state index contributed by atoms with van der Waals surface area (Å²) in [5.74, 6) is -1.23. The van der Waals surface area contributed by atoms with Crippen LogP contribution in [0.5, 0.6) is 5.75 Å². The highest BCUT2D eigenvalue weighted by Crippen LogP contribution is 2.30. The van der Waals surface area contributed by atoms with E-state index in [0.717, 1.165) is 11.3 Å². The molecule has 0 amide bonds. The van der Waals surface area contributed by atoms with E-state index < -0.39 is 11.8 Å². The van der Waals surface area contributed by atoms with Gasteiger partial charge in [0.05, 0.1) is 5.02 Å². The number of aryl methyl sites for hydroxylation is 1. The van der Waals surface area contributed by atoms with Gasteiger partial charge < -0.3 is 9.84 Å². The van der Waals surface area contributed by atoms with Crippen LogP contribution in [-0.2, 0) is 13.0 Å². The summed E-state index contributed by atoms with van der Waals surface area (Å²) < 4.78 is 18.8. The van der Waals surface area contributed by atoms with E-state index in [2.05, 4.69) is 0 Å². The molecule has 1 N–H and O–H groups in total. The SMILES string of the molecule is CCc1cc(OCc2ccc(Cl)c(F)c2)c(C(=O)O)s1. The molecule has 2 aromatic rings. The third-order valence-electron chi connectivity index (χ3n) is 2.67. The van der Waals surface area contributed by atoms with Crippen LogP contribution < -0.4 is 4.74 Å². The van der Waals surface area contributed by atoms with Gasteiger partial charge in [-0.2, -0.15) is 0 Å². The zero-order chi connectivity index (χ0) is 14.7. The van der Waals surface area contributed by atoms with Crippen LogP contribution in [0.15, 0.2) is 24.3 Å². The Morgan fingerprint density at radius 3 is 2.80 bits per heavy atom. The number of aromatic carboxylic acids is 1. The number of halogens is 2. The lowest BCUT2D eigenvalue weighted by Gasteiger charge is -2.06. The molecule has 0 atom stereocenters. The fourth-order valence-electron chi connectivity index (χ4n) is 1.64. The maximum absolute atomic E-state index is 13.3. The number of carboxylic acids is 1. The van der Waals surface area contributed by atoms with E-state index in [1.54, 1.807) is 12.1 Å². The molecule has 0 aliphatic carbocycles. The van der Waals surface area contributed by atoms with Gasteiger partial charge in [-0.05, 0) is 30.2 Å². The van der Waals surface area contributed by atoms with Crippen LogP contribution in [0, 0.1) is 5.82 Å². The standard InChI is InChI=1S/C14H12ClFO3S/c1-2-9-6-12(13(20-9)14(17)18)19-7-8-3-4-10(15)11(16)5-8/h3-6H,2,7H2,1H3,(H,17,18). The minimum absolute atomic E-state index is 0.0452. The Balaban J connectivity index is 2.15. The maximum atomic E-state index is 13.3. The fourth-order valence-corrected chi connectivity index (χ4v) is 2.64. The molecule has 0 fully saturated rings. The molecule has 0 radical (unpaired) electrons. The average molecular weight is 315 g/mol. The van der Waals surface area contributed by atoms with Gasteiger partial charge in [-0.1, -0.05) is 24.6 Å². The van der Waals surface area contributed by atoms with Crippen LogP contribution in [0.25, 0.3) is 0 Å². The smallest absolute Gasteiger partial charge is 0.349 e. The first-order chi connectivity index (χ1) is 9.51. The van der Waals surface area contributed by atoms with Gasteiger partial charge >= 0.3 is 5.97 Å². The zero-order valence-corrected chi connectivity index (χ0v) is 12.2. The molecule has 0 aliphatic heterocycles. The van der Waals surface area contributed by atoms with Crippen LogP contribution in [0.3, 0.4) is 0 Å². The summed E-state index contributed by atoms with van der Waals surface area (Å²) >= 11 is 6.78. The van der Waals surface area contributed by atoms with Crippen molar-refractivity contribution in [3.05, 3.63) is 50.4 Å². The first kappa shape index (κ1) is 14.8. The van der Waals surface area contributed by atoms with Crippen LogP contribution in [0.1, 0.15) is 27.0 Å². The van der Waals surface area contributed by atoms with Crippen molar-refractivity contribution in [2.75, 3.05) is 0 Å². The van der Waals surface area contributed by atoms with Crippen molar-refractivity contribution < 1.29 is 19.0 Å². The highest BCUT2D eigenvalue weighted by molar-refractivity contribution is 7.14. The number of benzene rings is 1. The lowest BCUT2D eigenvalue weighted by Crippen LogP contribution is -2.00. The topological polar surface area (TPSA) is 46.5 Å². The van der Waals surface area contributed by atoms with Crippen molar-refractivity contribution in [3.63, 3.8) is 0 Å². The third-order valence-corrected chi connectivity index (χ3v) is 4.23. The maximum Gasteiger partial charge on any atom is 0.349 e. The van der Waals surface area contributed by atoms with E-state index in [1.807, 2.05) is 6.92 Å². The fraction of sp³-hybridized carbons (Fsp3) is 0.214. The number of ether oxygens (including phenoxy) is 1. The Morgan fingerprint density at radius 1 is 1.45 bits per heavy atom. The second kappa shape index (κ2) is 6.24. The highest BCUT2D eigenvalue weighted by atomic mass is 35.5. The van der Waals surface area contributed by atoms with E-state index in [4.69, 9.17) is 21.4 Å². The molecule has 0 saturated heterocycles. The molecule has 0 spiro atoms. The molecule has 3 nitrogen and oxygen atoms in total. The van der Waals surface area contributed by atoms with E-state index >= 15 is 0 Å². The lowest BCUT2D eigenvalue weighted by molar-refractivity contribution is 0.0697. The van der Waals surface area contributed by atoms with E-state index in [1.165, 1.54) is 23.5 Å². The Labute approximate surface area is 124 Å². The Kier molecular flexibility index (Phi) is 4.62. The second-order valence-electron chi connectivity index (χ2n) is 4.10. The summed E-state index contributed by atoms with van der Waals surface area (Å²) in [5, 5.41) is 9.15. The molecule has 0 aliphatic rings. The molecule has 0 bridgehead atoms.